The summed E-state index contributed by atoms with van der Waals surface area (Å²) >= 11 is 3.49. The maximum absolute atomic E-state index is 9.18. The van der Waals surface area contributed by atoms with Gasteiger partial charge in [-0.05, 0) is 82.9 Å². The van der Waals surface area contributed by atoms with E-state index < -0.39 is 0 Å². The van der Waals surface area contributed by atoms with E-state index in [0.29, 0.717) is 5.75 Å². The van der Waals surface area contributed by atoms with Gasteiger partial charge in [-0.3, -0.25) is 0 Å². The van der Waals surface area contributed by atoms with Crippen molar-refractivity contribution < 1.29 is 9.84 Å². The Morgan fingerprint density at radius 1 is 0.826 bits per heavy atom. The van der Waals surface area contributed by atoms with E-state index in [-0.39, 0.29) is 0 Å². The second kappa shape index (κ2) is 6.60. The molecule has 4 aromatic rings. The van der Waals surface area contributed by atoms with Gasteiger partial charge < -0.3 is 9.84 Å². The Bertz CT molecular complexity index is 950. The summed E-state index contributed by atoms with van der Waals surface area (Å²) in [5.41, 5.74) is 2.56. The fraction of sp³-hybridized carbons (Fsp3) is 0.158. The van der Waals surface area contributed by atoms with Gasteiger partial charge in [0.2, 0.25) is 0 Å². The Labute approximate surface area is 143 Å². The lowest BCUT2D eigenvalue weighted by Gasteiger charge is -1.98. The number of phenols is 1. The molecule has 0 aliphatic rings. The van der Waals surface area contributed by atoms with Crippen molar-refractivity contribution in [2.24, 2.45) is 0 Å². The molecule has 0 aliphatic heterocycles. The van der Waals surface area contributed by atoms with Crippen LogP contribution in [0.3, 0.4) is 0 Å². The summed E-state index contributed by atoms with van der Waals surface area (Å²) in [6.07, 6.45) is 0. The number of methoxy groups -OCH3 is 1. The number of hydrogen-bond donors (Lipinski definition) is 1. The molecule has 0 aliphatic carbocycles. The van der Waals surface area contributed by atoms with E-state index in [1.807, 2.05) is 12.1 Å². The molecule has 0 saturated heterocycles. The maximum atomic E-state index is 9.18. The molecule has 0 bridgehead atoms. The highest BCUT2D eigenvalue weighted by atomic mass is 32.1. The molecule has 2 heterocycles. The van der Waals surface area contributed by atoms with Gasteiger partial charge in [-0.2, -0.15) is 0 Å². The molecule has 0 unspecified atom stereocenters. The average molecular weight is 342 g/mol. The topological polar surface area (TPSA) is 29.5 Å². The van der Waals surface area contributed by atoms with Gasteiger partial charge in [-0.15, -0.1) is 22.7 Å². The molecule has 0 spiro atoms. The van der Waals surface area contributed by atoms with Crippen molar-refractivity contribution >= 4 is 42.8 Å². The third kappa shape index (κ3) is 3.33. The van der Waals surface area contributed by atoms with E-state index in [2.05, 4.69) is 36.7 Å². The second-order valence-electron chi connectivity index (χ2n) is 5.38. The van der Waals surface area contributed by atoms with E-state index in [0.717, 1.165) is 11.1 Å². The number of ether oxygens (including phenoxy) is 1. The average Bonchev–Trinajstić information content (AvgIpc) is 3.11. The first-order valence-corrected chi connectivity index (χ1v) is 9.03. The van der Waals surface area contributed by atoms with Crippen molar-refractivity contribution in [3.63, 3.8) is 0 Å². The number of rotatable bonds is 1. The molecular formula is C19H18O2S2. The Morgan fingerprint density at radius 2 is 1.39 bits per heavy atom. The maximum Gasteiger partial charge on any atom is 0.119 e. The van der Waals surface area contributed by atoms with Crippen LogP contribution in [0.15, 0.2) is 47.2 Å². The molecule has 2 nitrogen and oxygen atoms in total. The summed E-state index contributed by atoms with van der Waals surface area (Å²) in [5.74, 6) is 1.28. The van der Waals surface area contributed by atoms with E-state index >= 15 is 0 Å². The zero-order valence-corrected chi connectivity index (χ0v) is 14.9. The molecule has 0 fully saturated rings. The third-order valence-electron chi connectivity index (χ3n) is 3.72. The van der Waals surface area contributed by atoms with Crippen molar-refractivity contribution in [2.75, 3.05) is 7.11 Å². The highest BCUT2D eigenvalue weighted by Crippen LogP contribution is 2.29. The summed E-state index contributed by atoms with van der Waals surface area (Å²) in [6.45, 7) is 4.18. The van der Waals surface area contributed by atoms with Crippen LogP contribution >= 0.6 is 22.7 Å². The van der Waals surface area contributed by atoms with Gasteiger partial charge in [0.25, 0.3) is 0 Å². The number of hydrogen-bond acceptors (Lipinski definition) is 4. The number of phenolic OH excluding ortho intramolecular Hbond substituents is 1. The monoisotopic (exact) mass is 342 g/mol. The first-order valence-electron chi connectivity index (χ1n) is 7.27. The largest absolute Gasteiger partial charge is 0.508 e. The summed E-state index contributed by atoms with van der Waals surface area (Å²) in [7, 11) is 1.70. The molecule has 4 rings (SSSR count). The van der Waals surface area contributed by atoms with Crippen LogP contribution in [-0.2, 0) is 0 Å². The Balaban J connectivity index is 0.000000136. The van der Waals surface area contributed by atoms with Crippen molar-refractivity contribution in [3.05, 3.63) is 58.3 Å². The fourth-order valence-corrected chi connectivity index (χ4v) is 4.26. The van der Waals surface area contributed by atoms with Crippen LogP contribution in [-0.4, -0.2) is 12.2 Å². The van der Waals surface area contributed by atoms with Crippen molar-refractivity contribution in [3.8, 4) is 11.5 Å². The molecule has 118 valence electrons. The van der Waals surface area contributed by atoms with Crippen LogP contribution in [0.4, 0.5) is 0 Å². The standard InChI is InChI=1S/C10H10OS.C9H8OS/c1-7-6-12-10-4-3-8(11-2)5-9(7)10;1-6-5-11-9-3-2-7(10)4-8(6)9/h3-6H,1-2H3;2-5,10H,1H3. The predicted octanol–water partition coefficient (Wildman–Crippen LogP) is 6.13. The molecule has 0 amide bonds. The first kappa shape index (κ1) is 15.8. The van der Waals surface area contributed by atoms with Gasteiger partial charge in [0.1, 0.15) is 11.5 Å². The van der Waals surface area contributed by atoms with E-state index in [4.69, 9.17) is 4.74 Å². The third-order valence-corrected chi connectivity index (χ3v) is 5.89. The van der Waals surface area contributed by atoms with Crippen LogP contribution in [0.25, 0.3) is 20.2 Å². The highest BCUT2D eigenvalue weighted by Gasteiger charge is 2.00. The minimum Gasteiger partial charge on any atom is -0.508 e. The quantitative estimate of drug-likeness (QED) is 0.450. The predicted molar refractivity (Wildman–Crippen MR) is 101 cm³/mol. The molecule has 1 N–H and O–H groups in total. The summed E-state index contributed by atoms with van der Waals surface area (Å²) in [4.78, 5) is 0. The van der Waals surface area contributed by atoms with E-state index in [1.54, 1.807) is 41.9 Å². The molecule has 2 aromatic carbocycles. The Kier molecular flexibility index (Phi) is 4.55. The molecule has 0 saturated carbocycles. The molecule has 23 heavy (non-hydrogen) atoms. The lowest BCUT2D eigenvalue weighted by Crippen LogP contribution is -1.80. The van der Waals surface area contributed by atoms with Crippen LogP contribution in [0.2, 0.25) is 0 Å². The number of aromatic hydroxyl groups is 1. The van der Waals surface area contributed by atoms with Crippen LogP contribution in [0.5, 0.6) is 11.5 Å². The molecule has 0 radical (unpaired) electrons. The normalized spacial score (nSPS) is 10.6. The van der Waals surface area contributed by atoms with E-state index in [1.165, 1.54) is 25.9 Å². The van der Waals surface area contributed by atoms with Gasteiger partial charge >= 0.3 is 0 Å². The number of benzene rings is 2. The second-order valence-corrected chi connectivity index (χ2v) is 7.20. The van der Waals surface area contributed by atoms with Gasteiger partial charge in [-0.25, -0.2) is 0 Å². The minimum atomic E-state index is 0.346. The molecular weight excluding hydrogens is 324 g/mol. The zero-order chi connectivity index (χ0) is 16.4. The van der Waals surface area contributed by atoms with Crippen molar-refractivity contribution in [1.82, 2.24) is 0 Å². The number of thiophene rings is 2. The molecule has 4 heteroatoms. The Morgan fingerprint density at radius 3 is 2.00 bits per heavy atom. The molecule has 0 atom stereocenters. The SMILES string of the molecule is COc1ccc2scc(C)c2c1.Cc1csc2ccc(O)cc12. The number of fused-ring (bicyclic) bond motifs is 2. The van der Waals surface area contributed by atoms with Crippen LogP contribution in [0, 0.1) is 13.8 Å². The molecule has 2 aromatic heterocycles. The lowest BCUT2D eigenvalue weighted by molar-refractivity contribution is 0.415. The highest BCUT2D eigenvalue weighted by molar-refractivity contribution is 7.17. The van der Waals surface area contributed by atoms with Gasteiger partial charge in [-0.1, -0.05) is 0 Å². The summed E-state index contributed by atoms with van der Waals surface area (Å²) < 4.78 is 7.71. The fourth-order valence-electron chi connectivity index (χ4n) is 2.41. The van der Waals surface area contributed by atoms with Gasteiger partial charge in [0.05, 0.1) is 7.11 Å². The minimum absolute atomic E-state index is 0.346. The van der Waals surface area contributed by atoms with Crippen molar-refractivity contribution in [2.45, 2.75) is 13.8 Å². The van der Waals surface area contributed by atoms with Gasteiger partial charge in [0, 0.05) is 9.40 Å². The Hall–Kier alpha value is -2.04. The smallest absolute Gasteiger partial charge is 0.119 e. The number of aryl methyl sites for hydroxylation is 2. The lowest BCUT2D eigenvalue weighted by atomic mass is 10.2. The van der Waals surface area contributed by atoms with Crippen molar-refractivity contribution in [1.29, 1.82) is 0 Å². The summed E-state index contributed by atoms with van der Waals surface area (Å²) in [5, 5.41) is 15.9. The van der Waals surface area contributed by atoms with Gasteiger partial charge in [0.15, 0.2) is 0 Å². The van der Waals surface area contributed by atoms with Crippen LogP contribution < -0.4 is 4.74 Å². The summed E-state index contributed by atoms with van der Waals surface area (Å²) in [6, 6.07) is 11.7. The first-order chi connectivity index (χ1) is 11.1. The zero-order valence-electron chi connectivity index (χ0n) is 13.3. The van der Waals surface area contributed by atoms with E-state index in [9.17, 15) is 5.11 Å². The van der Waals surface area contributed by atoms with Crippen LogP contribution in [0.1, 0.15) is 11.1 Å².